The second-order valence-electron chi connectivity index (χ2n) is 6.99. The second kappa shape index (κ2) is 5.68. The van der Waals surface area contributed by atoms with Crippen molar-refractivity contribution < 1.29 is 19.7 Å². The lowest BCUT2D eigenvalue weighted by molar-refractivity contribution is -0.142. The van der Waals surface area contributed by atoms with Crippen LogP contribution >= 0.6 is 0 Å². The Morgan fingerprint density at radius 3 is 2.52 bits per heavy atom. The van der Waals surface area contributed by atoms with Crippen molar-refractivity contribution in [3.63, 3.8) is 0 Å². The zero-order valence-electron chi connectivity index (χ0n) is 13.1. The molecule has 0 spiro atoms. The molecule has 21 heavy (non-hydrogen) atoms. The lowest BCUT2D eigenvalue weighted by Gasteiger charge is -2.23. The third kappa shape index (κ3) is 3.97. The molecule has 4 heteroatoms. The maximum Gasteiger partial charge on any atom is 0.306 e. The van der Waals surface area contributed by atoms with E-state index >= 15 is 0 Å². The molecular weight excluding hydrogens is 268 g/mol. The number of phenolic OH excluding ortho intramolecular Hbond substituents is 1. The lowest BCUT2D eigenvalue weighted by Crippen LogP contribution is -2.19. The van der Waals surface area contributed by atoms with Gasteiger partial charge in [-0.15, -0.1) is 0 Å². The van der Waals surface area contributed by atoms with Crippen molar-refractivity contribution in [2.45, 2.75) is 52.1 Å². The number of carboxylic acids is 1. The summed E-state index contributed by atoms with van der Waals surface area (Å²) in [5, 5.41) is 19.6. The Kier molecular flexibility index (Phi) is 4.28. The summed E-state index contributed by atoms with van der Waals surface area (Å²) in [6, 6.07) is 3.82. The summed E-state index contributed by atoms with van der Waals surface area (Å²) < 4.78 is 5.14. The van der Waals surface area contributed by atoms with E-state index in [4.69, 9.17) is 4.74 Å². The van der Waals surface area contributed by atoms with Crippen LogP contribution in [0.15, 0.2) is 12.1 Å². The number of phenols is 1. The van der Waals surface area contributed by atoms with E-state index in [0.717, 1.165) is 16.7 Å². The first-order chi connectivity index (χ1) is 9.68. The summed E-state index contributed by atoms with van der Waals surface area (Å²) >= 11 is 0. The maximum absolute atomic E-state index is 11.4. The molecule has 2 rings (SSSR count). The molecule has 1 aromatic rings. The van der Waals surface area contributed by atoms with Gasteiger partial charge in [-0.1, -0.05) is 32.9 Å². The molecule has 1 heterocycles. The first kappa shape index (κ1) is 15.8. The zero-order chi connectivity index (χ0) is 15.8. The minimum absolute atomic E-state index is 0.103. The average Bonchev–Trinajstić information content (AvgIpc) is 3.15. The van der Waals surface area contributed by atoms with Crippen LogP contribution in [0.3, 0.4) is 0 Å². The van der Waals surface area contributed by atoms with Gasteiger partial charge in [-0.3, -0.25) is 4.79 Å². The number of ether oxygens (including phenoxy) is 1. The van der Waals surface area contributed by atoms with E-state index in [0.29, 0.717) is 25.2 Å². The molecule has 2 unspecified atom stereocenters. The summed E-state index contributed by atoms with van der Waals surface area (Å²) in [5.41, 5.74) is 2.44. The number of rotatable bonds is 5. The molecule has 1 saturated heterocycles. The first-order valence-electron chi connectivity index (χ1n) is 7.36. The molecule has 2 atom stereocenters. The van der Waals surface area contributed by atoms with Crippen LogP contribution in [0.2, 0.25) is 0 Å². The maximum atomic E-state index is 11.4. The van der Waals surface area contributed by atoms with Crippen LogP contribution < -0.4 is 0 Å². The Balaban J connectivity index is 2.26. The number of hydrogen-bond donors (Lipinski definition) is 2. The van der Waals surface area contributed by atoms with Crippen LogP contribution in [-0.4, -0.2) is 28.9 Å². The molecule has 0 amide bonds. The van der Waals surface area contributed by atoms with Crippen LogP contribution in [0.5, 0.6) is 5.75 Å². The van der Waals surface area contributed by atoms with Crippen LogP contribution in [0.1, 0.15) is 43.9 Å². The Hall–Kier alpha value is -1.55. The minimum Gasteiger partial charge on any atom is -0.507 e. The third-order valence-corrected chi connectivity index (χ3v) is 3.95. The molecule has 0 radical (unpaired) electrons. The molecule has 0 saturated carbocycles. The number of carbonyl (C=O) groups is 1. The van der Waals surface area contributed by atoms with Crippen molar-refractivity contribution in [1.82, 2.24) is 0 Å². The van der Waals surface area contributed by atoms with Gasteiger partial charge < -0.3 is 14.9 Å². The topological polar surface area (TPSA) is 70.1 Å². The summed E-state index contributed by atoms with van der Waals surface area (Å²) in [6.07, 6.45) is 1.13. The van der Waals surface area contributed by atoms with Gasteiger partial charge in [0.2, 0.25) is 0 Å². The Labute approximate surface area is 125 Å². The summed E-state index contributed by atoms with van der Waals surface area (Å²) in [6.45, 7) is 8.65. The zero-order valence-corrected chi connectivity index (χ0v) is 13.1. The fraction of sp³-hybridized carbons (Fsp3) is 0.588. The monoisotopic (exact) mass is 292 g/mol. The number of epoxide rings is 1. The number of carboxylic acid groups (broad SMARTS) is 1. The SMILES string of the molecule is Cc1cc(CC(CC2CO2)C(=O)O)cc(C(C)(C)C)c1O. The highest BCUT2D eigenvalue weighted by Crippen LogP contribution is 2.35. The fourth-order valence-electron chi connectivity index (χ4n) is 2.62. The molecule has 0 bridgehead atoms. The van der Waals surface area contributed by atoms with E-state index in [1.807, 2.05) is 39.8 Å². The molecule has 1 aliphatic rings. The Bertz CT molecular complexity index is 538. The van der Waals surface area contributed by atoms with Crippen molar-refractivity contribution in [3.05, 3.63) is 28.8 Å². The normalized spacial score (nSPS) is 19.3. The van der Waals surface area contributed by atoms with Gasteiger partial charge in [0.1, 0.15) is 5.75 Å². The fourth-order valence-corrected chi connectivity index (χ4v) is 2.62. The predicted octanol–water partition coefficient (Wildman–Crippen LogP) is 3.03. The molecule has 0 aliphatic carbocycles. The van der Waals surface area contributed by atoms with E-state index in [1.54, 1.807) is 0 Å². The number of benzene rings is 1. The van der Waals surface area contributed by atoms with E-state index in [-0.39, 0.29) is 11.5 Å². The number of aliphatic carboxylic acids is 1. The lowest BCUT2D eigenvalue weighted by atomic mass is 9.82. The van der Waals surface area contributed by atoms with Crippen LogP contribution in [0, 0.1) is 12.8 Å². The molecule has 2 N–H and O–H groups in total. The molecule has 1 fully saturated rings. The predicted molar refractivity (Wildman–Crippen MR) is 80.7 cm³/mol. The Morgan fingerprint density at radius 2 is 2.05 bits per heavy atom. The van der Waals surface area contributed by atoms with Gasteiger partial charge >= 0.3 is 5.97 Å². The standard InChI is InChI=1S/C17H24O4/c1-10-5-11(7-14(15(10)18)17(2,3)4)6-12(16(19)20)8-13-9-21-13/h5,7,12-13,18H,6,8-9H2,1-4H3,(H,19,20). The van der Waals surface area contributed by atoms with E-state index < -0.39 is 11.9 Å². The molecule has 1 aliphatic heterocycles. The number of hydrogen-bond acceptors (Lipinski definition) is 3. The molecule has 116 valence electrons. The van der Waals surface area contributed by atoms with Crippen molar-refractivity contribution in [3.8, 4) is 5.75 Å². The van der Waals surface area contributed by atoms with E-state index in [1.165, 1.54) is 0 Å². The van der Waals surface area contributed by atoms with Gasteiger partial charge in [0.25, 0.3) is 0 Å². The van der Waals surface area contributed by atoms with Gasteiger partial charge in [0, 0.05) is 0 Å². The highest BCUT2D eigenvalue weighted by atomic mass is 16.6. The van der Waals surface area contributed by atoms with Crippen molar-refractivity contribution in [2.75, 3.05) is 6.61 Å². The summed E-state index contributed by atoms with van der Waals surface area (Å²) in [7, 11) is 0. The van der Waals surface area contributed by atoms with Gasteiger partial charge in [0.05, 0.1) is 18.6 Å². The van der Waals surface area contributed by atoms with Crippen LogP contribution in [0.25, 0.3) is 0 Å². The molecule has 0 aromatic heterocycles. The minimum atomic E-state index is -0.784. The molecule has 1 aromatic carbocycles. The smallest absolute Gasteiger partial charge is 0.306 e. The van der Waals surface area contributed by atoms with Crippen LogP contribution in [-0.2, 0) is 21.4 Å². The summed E-state index contributed by atoms with van der Waals surface area (Å²) in [4.78, 5) is 11.4. The molecular formula is C17H24O4. The highest BCUT2D eigenvalue weighted by Gasteiger charge is 2.31. The van der Waals surface area contributed by atoms with Gasteiger partial charge in [-0.25, -0.2) is 0 Å². The van der Waals surface area contributed by atoms with Crippen LogP contribution in [0.4, 0.5) is 0 Å². The highest BCUT2D eigenvalue weighted by molar-refractivity contribution is 5.70. The van der Waals surface area contributed by atoms with Gasteiger partial charge in [0.15, 0.2) is 0 Å². The third-order valence-electron chi connectivity index (χ3n) is 3.95. The van der Waals surface area contributed by atoms with Crippen molar-refractivity contribution >= 4 is 5.97 Å². The van der Waals surface area contributed by atoms with Crippen molar-refractivity contribution in [1.29, 1.82) is 0 Å². The number of aromatic hydroxyl groups is 1. The quantitative estimate of drug-likeness (QED) is 0.818. The first-order valence-corrected chi connectivity index (χ1v) is 7.36. The van der Waals surface area contributed by atoms with Gasteiger partial charge in [-0.05, 0) is 41.9 Å². The van der Waals surface area contributed by atoms with Crippen molar-refractivity contribution in [2.24, 2.45) is 5.92 Å². The van der Waals surface area contributed by atoms with E-state index in [2.05, 4.69) is 0 Å². The van der Waals surface area contributed by atoms with E-state index in [9.17, 15) is 15.0 Å². The Morgan fingerprint density at radius 1 is 1.43 bits per heavy atom. The van der Waals surface area contributed by atoms with Gasteiger partial charge in [-0.2, -0.15) is 0 Å². The second-order valence-corrected chi connectivity index (χ2v) is 6.99. The number of aryl methyl sites for hydroxylation is 1. The summed E-state index contributed by atoms with van der Waals surface area (Å²) in [5.74, 6) is -0.911. The average molecular weight is 292 g/mol. The largest absolute Gasteiger partial charge is 0.507 e. The molecule has 4 nitrogen and oxygen atoms in total.